The van der Waals surface area contributed by atoms with E-state index in [9.17, 15) is 14.4 Å². The van der Waals surface area contributed by atoms with Gasteiger partial charge in [0.05, 0.1) is 4.47 Å². The minimum atomic E-state index is -0.671. The Balaban J connectivity index is 2.23. The van der Waals surface area contributed by atoms with Crippen LogP contribution in [0, 0.1) is 4.64 Å². The zero-order valence-corrected chi connectivity index (χ0v) is 14.8. The number of H-pyrrole nitrogens is 1. The van der Waals surface area contributed by atoms with Crippen molar-refractivity contribution >= 4 is 40.1 Å². The van der Waals surface area contributed by atoms with Gasteiger partial charge in [-0.25, -0.2) is 4.79 Å². The van der Waals surface area contributed by atoms with Crippen molar-refractivity contribution in [2.24, 2.45) is 0 Å². The Morgan fingerprint density at radius 1 is 1.48 bits per heavy atom. The summed E-state index contributed by atoms with van der Waals surface area (Å²) in [5, 5.41) is 0. The van der Waals surface area contributed by atoms with Crippen LogP contribution in [-0.2, 0) is 23.8 Å². The number of aromatic amines is 1. The van der Waals surface area contributed by atoms with Crippen LogP contribution in [0.2, 0.25) is 0 Å². The van der Waals surface area contributed by atoms with Crippen molar-refractivity contribution in [3.63, 3.8) is 0 Å². The van der Waals surface area contributed by atoms with E-state index in [1.54, 1.807) is 0 Å². The molecule has 0 unspecified atom stereocenters. The van der Waals surface area contributed by atoms with Crippen molar-refractivity contribution in [1.82, 2.24) is 9.55 Å². The SMILES string of the molecule is CC(=O)OC[C@H]1O[C@@H](n2cc(Br)c(=S)[nH]c2=O)C[C@@H]1OC(C)=O. The molecule has 23 heavy (non-hydrogen) atoms. The summed E-state index contributed by atoms with van der Waals surface area (Å²) >= 11 is 8.21. The summed E-state index contributed by atoms with van der Waals surface area (Å²) in [5.74, 6) is -0.949. The standard InChI is InChI=1S/C13H15BrN2O6S/c1-6(17)20-5-10-9(21-7(2)18)3-11(22-10)16-4-8(14)12(23)15-13(16)19/h4,9-11H,3,5H2,1-2H3,(H,15,19,23)/t9-,10+,11+/m0/s1. The number of carbonyl (C=O) groups excluding carboxylic acids is 2. The van der Waals surface area contributed by atoms with Crippen molar-refractivity contribution in [2.75, 3.05) is 6.61 Å². The Labute approximate surface area is 144 Å². The average molecular weight is 407 g/mol. The van der Waals surface area contributed by atoms with Gasteiger partial charge in [0.25, 0.3) is 0 Å². The third kappa shape index (κ3) is 4.49. The van der Waals surface area contributed by atoms with Crippen LogP contribution in [-0.4, -0.2) is 40.3 Å². The second-order valence-electron chi connectivity index (χ2n) is 4.96. The molecule has 8 nitrogen and oxygen atoms in total. The third-order valence-electron chi connectivity index (χ3n) is 3.18. The molecular weight excluding hydrogens is 392 g/mol. The molecule has 1 N–H and O–H groups in total. The van der Waals surface area contributed by atoms with Crippen LogP contribution >= 0.6 is 28.1 Å². The van der Waals surface area contributed by atoms with E-state index in [0.29, 0.717) is 4.47 Å². The van der Waals surface area contributed by atoms with E-state index >= 15 is 0 Å². The van der Waals surface area contributed by atoms with Crippen molar-refractivity contribution < 1.29 is 23.8 Å². The van der Waals surface area contributed by atoms with Crippen molar-refractivity contribution in [3.05, 3.63) is 25.8 Å². The second-order valence-corrected chi connectivity index (χ2v) is 6.22. The third-order valence-corrected chi connectivity index (χ3v) is 4.37. The van der Waals surface area contributed by atoms with E-state index in [0.717, 1.165) is 0 Å². The molecule has 126 valence electrons. The number of carbonyl (C=O) groups is 2. The van der Waals surface area contributed by atoms with Crippen molar-refractivity contribution in [3.8, 4) is 0 Å². The number of nitrogens with zero attached hydrogens (tertiary/aromatic N) is 1. The number of ether oxygens (including phenoxy) is 3. The van der Waals surface area contributed by atoms with Crippen LogP contribution in [0.25, 0.3) is 0 Å². The molecule has 0 amide bonds. The van der Waals surface area contributed by atoms with Crippen molar-refractivity contribution in [1.29, 1.82) is 0 Å². The van der Waals surface area contributed by atoms with E-state index in [-0.39, 0.29) is 17.7 Å². The summed E-state index contributed by atoms with van der Waals surface area (Å²) < 4.78 is 17.9. The monoisotopic (exact) mass is 406 g/mol. The number of rotatable bonds is 4. The van der Waals surface area contributed by atoms with E-state index < -0.39 is 36.1 Å². The quantitative estimate of drug-likeness (QED) is 0.596. The summed E-state index contributed by atoms with van der Waals surface area (Å²) in [4.78, 5) is 36.7. The summed E-state index contributed by atoms with van der Waals surface area (Å²) in [6.45, 7) is 2.48. The molecule has 1 aromatic heterocycles. The van der Waals surface area contributed by atoms with Crippen LogP contribution in [0.3, 0.4) is 0 Å². The Hall–Kier alpha value is -1.52. The molecule has 0 spiro atoms. The van der Waals surface area contributed by atoms with Gasteiger partial charge in [0.2, 0.25) is 0 Å². The highest BCUT2D eigenvalue weighted by Crippen LogP contribution is 2.30. The first kappa shape index (κ1) is 17.8. The molecule has 10 heteroatoms. The Bertz CT molecular complexity index is 730. The Morgan fingerprint density at radius 3 is 2.78 bits per heavy atom. The molecule has 0 bridgehead atoms. The maximum atomic E-state index is 12.0. The van der Waals surface area contributed by atoms with Crippen LogP contribution in [0.1, 0.15) is 26.5 Å². The molecular formula is C13H15BrN2O6S. The second kappa shape index (κ2) is 7.37. The fourth-order valence-electron chi connectivity index (χ4n) is 2.23. The molecule has 0 aromatic carbocycles. The summed E-state index contributed by atoms with van der Waals surface area (Å²) in [6, 6.07) is 0. The van der Waals surface area contributed by atoms with Crippen molar-refractivity contribution in [2.45, 2.75) is 38.7 Å². The molecule has 0 aliphatic carbocycles. The molecule has 1 aliphatic heterocycles. The van der Waals surface area contributed by atoms with E-state index in [1.807, 2.05) is 0 Å². The van der Waals surface area contributed by atoms with Crippen LogP contribution in [0.5, 0.6) is 0 Å². The lowest BCUT2D eigenvalue weighted by molar-refractivity contribution is -0.155. The fraction of sp³-hybridized carbons (Fsp3) is 0.538. The molecule has 1 fully saturated rings. The van der Waals surface area contributed by atoms with E-state index in [4.69, 9.17) is 26.4 Å². The van der Waals surface area contributed by atoms with Gasteiger partial charge in [0.15, 0.2) is 0 Å². The normalized spacial score (nSPS) is 23.5. The first-order valence-electron chi connectivity index (χ1n) is 6.75. The Morgan fingerprint density at radius 2 is 2.17 bits per heavy atom. The fourth-order valence-corrected chi connectivity index (χ4v) is 2.69. The smallest absolute Gasteiger partial charge is 0.328 e. The number of esters is 2. The van der Waals surface area contributed by atoms with Gasteiger partial charge in [-0.15, -0.1) is 0 Å². The zero-order chi connectivity index (χ0) is 17.1. The number of nitrogens with one attached hydrogen (secondary N) is 1. The number of hydrogen-bond acceptors (Lipinski definition) is 7. The molecule has 0 saturated carbocycles. The van der Waals surface area contributed by atoms with E-state index in [1.165, 1.54) is 24.6 Å². The van der Waals surface area contributed by atoms with E-state index in [2.05, 4.69) is 20.9 Å². The molecule has 3 atom stereocenters. The number of hydrogen-bond donors (Lipinski definition) is 1. The van der Waals surface area contributed by atoms with Gasteiger partial charge in [-0.3, -0.25) is 19.1 Å². The Kier molecular flexibility index (Phi) is 5.71. The predicted octanol–water partition coefficient (Wildman–Crippen LogP) is 1.45. The molecule has 2 rings (SSSR count). The van der Waals surface area contributed by atoms with Gasteiger partial charge in [0, 0.05) is 26.5 Å². The predicted molar refractivity (Wildman–Crippen MR) is 84.3 cm³/mol. The number of halogens is 1. The van der Waals surface area contributed by atoms with Gasteiger partial charge < -0.3 is 14.2 Å². The average Bonchev–Trinajstić information content (AvgIpc) is 2.82. The highest BCUT2D eigenvalue weighted by atomic mass is 79.9. The maximum absolute atomic E-state index is 12.0. The molecule has 1 aliphatic rings. The number of aromatic nitrogens is 2. The largest absolute Gasteiger partial charge is 0.463 e. The first-order chi connectivity index (χ1) is 10.8. The van der Waals surface area contributed by atoms with Crippen LogP contribution < -0.4 is 5.69 Å². The molecule has 0 radical (unpaired) electrons. The lowest BCUT2D eigenvalue weighted by Gasteiger charge is -2.17. The van der Waals surface area contributed by atoms with Gasteiger partial charge >= 0.3 is 17.6 Å². The highest BCUT2D eigenvalue weighted by molar-refractivity contribution is 9.10. The molecule has 2 heterocycles. The van der Waals surface area contributed by atoms with Gasteiger partial charge in [-0.05, 0) is 15.9 Å². The summed E-state index contributed by atoms with van der Waals surface area (Å²) in [7, 11) is 0. The first-order valence-corrected chi connectivity index (χ1v) is 7.95. The topological polar surface area (TPSA) is 99.6 Å². The van der Waals surface area contributed by atoms with Gasteiger partial charge in [0.1, 0.15) is 29.7 Å². The van der Waals surface area contributed by atoms with Gasteiger partial charge in [-0.1, -0.05) is 12.2 Å². The lowest BCUT2D eigenvalue weighted by atomic mass is 10.2. The minimum absolute atomic E-state index is 0.0669. The zero-order valence-electron chi connectivity index (χ0n) is 12.4. The summed E-state index contributed by atoms with van der Waals surface area (Å²) in [5.41, 5.74) is -0.446. The highest BCUT2D eigenvalue weighted by Gasteiger charge is 2.39. The lowest BCUT2D eigenvalue weighted by Crippen LogP contribution is -2.31. The maximum Gasteiger partial charge on any atom is 0.328 e. The van der Waals surface area contributed by atoms with Crippen LogP contribution in [0.4, 0.5) is 0 Å². The molecule has 1 aromatic rings. The molecule has 1 saturated heterocycles. The summed E-state index contributed by atoms with van der Waals surface area (Å²) in [6.07, 6.45) is -0.184. The minimum Gasteiger partial charge on any atom is -0.463 e. The van der Waals surface area contributed by atoms with Crippen LogP contribution in [0.15, 0.2) is 15.5 Å². The van der Waals surface area contributed by atoms with Gasteiger partial charge in [-0.2, -0.15) is 0 Å².